The Morgan fingerprint density at radius 3 is 2.22 bits per heavy atom. The van der Waals surface area contributed by atoms with Gasteiger partial charge < -0.3 is 4.42 Å². The maximum atomic E-state index is 6.46. The molecule has 0 aliphatic heterocycles. The summed E-state index contributed by atoms with van der Waals surface area (Å²) >= 11 is 0. The number of rotatable bonds is 2. The minimum absolute atomic E-state index is 0.0946. The van der Waals surface area contributed by atoms with Crippen LogP contribution < -0.4 is 0 Å². The van der Waals surface area contributed by atoms with Gasteiger partial charge in [-0.05, 0) is 69.8 Å². The van der Waals surface area contributed by atoms with Gasteiger partial charge in [-0.25, -0.2) is 4.98 Å². The molecular formula is C42H28N2O. The highest BCUT2D eigenvalue weighted by atomic mass is 16.3. The van der Waals surface area contributed by atoms with Crippen molar-refractivity contribution in [3.8, 4) is 28.1 Å². The standard InChI is InChI=1S/C42H28N2O/c1-42(2)31-17-9-6-15-27(31)38-32(42)21-22-34-39(38)29-20-23-36-40(28-16-8-11-19-35(28)45-36)41(29)44(34)37-24-30(25-12-4-3-5-13-25)26-14-7-10-18-33(26)43-37/h3-24H,1-2H3. The van der Waals surface area contributed by atoms with E-state index in [1.165, 1.54) is 44.2 Å². The van der Waals surface area contributed by atoms with E-state index in [2.05, 4.69) is 146 Å². The number of aromatic nitrogens is 2. The molecule has 9 aromatic rings. The first kappa shape index (κ1) is 24.7. The van der Waals surface area contributed by atoms with E-state index >= 15 is 0 Å². The van der Waals surface area contributed by atoms with E-state index in [1.807, 2.05) is 6.07 Å². The summed E-state index contributed by atoms with van der Waals surface area (Å²) in [5, 5.41) is 5.86. The van der Waals surface area contributed by atoms with Crippen molar-refractivity contribution in [2.45, 2.75) is 19.3 Å². The molecule has 1 aliphatic rings. The molecule has 6 aromatic carbocycles. The lowest BCUT2D eigenvalue weighted by Crippen LogP contribution is -2.14. The van der Waals surface area contributed by atoms with Gasteiger partial charge in [0.05, 0.1) is 21.9 Å². The van der Waals surface area contributed by atoms with Crippen molar-refractivity contribution in [1.29, 1.82) is 0 Å². The predicted octanol–water partition coefficient (Wildman–Crippen LogP) is 11.2. The van der Waals surface area contributed by atoms with Gasteiger partial charge in [0, 0.05) is 27.0 Å². The smallest absolute Gasteiger partial charge is 0.138 e. The van der Waals surface area contributed by atoms with Gasteiger partial charge in [-0.1, -0.05) is 111 Å². The van der Waals surface area contributed by atoms with Gasteiger partial charge in [0.15, 0.2) is 0 Å². The zero-order chi connectivity index (χ0) is 29.9. The summed E-state index contributed by atoms with van der Waals surface area (Å²) in [6, 6.07) is 47.7. The Morgan fingerprint density at radius 2 is 1.33 bits per heavy atom. The average Bonchev–Trinajstić information content (AvgIpc) is 3.70. The molecule has 3 heteroatoms. The first-order valence-corrected chi connectivity index (χ1v) is 15.6. The Balaban J connectivity index is 1.44. The van der Waals surface area contributed by atoms with Gasteiger partial charge in [0.2, 0.25) is 0 Å². The van der Waals surface area contributed by atoms with E-state index < -0.39 is 0 Å². The summed E-state index contributed by atoms with van der Waals surface area (Å²) < 4.78 is 8.85. The Hall–Kier alpha value is -5.67. The summed E-state index contributed by atoms with van der Waals surface area (Å²) in [7, 11) is 0. The average molecular weight is 577 g/mol. The second kappa shape index (κ2) is 8.71. The van der Waals surface area contributed by atoms with Gasteiger partial charge in [-0.2, -0.15) is 0 Å². The Kier molecular flexibility index (Phi) is 4.79. The third-order valence-electron chi connectivity index (χ3n) is 9.99. The highest BCUT2D eigenvalue weighted by Crippen LogP contribution is 2.54. The lowest BCUT2D eigenvalue weighted by atomic mass is 9.82. The van der Waals surface area contributed by atoms with E-state index in [0.717, 1.165) is 49.7 Å². The Labute approximate surface area is 260 Å². The van der Waals surface area contributed by atoms with Crippen molar-refractivity contribution >= 4 is 54.6 Å². The molecule has 0 saturated heterocycles. The second-order valence-electron chi connectivity index (χ2n) is 12.7. The molecule has 1 aliphatic carbocycles. The van der Waals surface area contributed by atoms with Crippen LogP contribution in [-0.2, 0) is 5.41 Å². The van der Waals surface area contributed by atoms with Crippen molar-refractivity contribution < 1.29 is 4.42 Å². The highest BCUT2D eigenvalue weighted by molar-refractivity contribution is 6.27. The fourth-order valence-electron chi connectivity index (χ4n) is 7.97. The van der Waals surface area contributed by atoms with Gasteiger partial charge in [0.25, 0.3) is 0 Å². The van der Waals surface area contributed by atoms with Gasteiger partial charge in [-0.3, -0.25) is 4.57 Å². The zero-order valence-electron chi connectivity index (χ0n) is 25.0. The van der Waals surface area contributed by atoms with Gasteiger partial charge in [-0.15, -0.1) is 0 Å². The fraction of sp³-hybridized carbons (Fsp3) is 0.0714. The van der Waals surface area contributed by atoms with E-state index in [4.69, 9.17) is 9.40 Å². The number of fused-ring (bicyclic) bond motifs is 12. The minimum atomic E-state index is -0.0946. The maximum absolute atomic E-state index is 6.46. The van der Waals surface area contributed by atoms with Crippen LogP contribution in [-0.4, -0.2) is 9.55 Å². The van der Waals surface area contributed by atoms with Crippen LogP contribution >= 0.6 is 0 Å². The molecule has 212 valence electrons. The summed E-state index contributed by atoms with van der Waals surface area (Å²) in [5.74, 6) is 0.899. The third kappa shape index (κ3) is 3.22. The maximum Gasteiger partial charge on any atom is 0.138 e. The largest absolute Gasteiger partial charge is 0.456 e. The van der Waals surface area contributed by atoms with Crippen molar-refractivity contribution in [3.63, 3.8) is 0 Å². The monoisotopic (exact) mass is 576 g/mol. The SMILES string of the molecule is CC1(C)c2ccccc2-c2c1ccc1c2c2ccc3oc4ccccc4c3c2n1-c1cc(-c2ccccc2)c2ccccc2n1. The number of hydrogen-bond acceptors (Lipinski definition) is 2. The Morgan fingerprint density at radius 1 is 0.578 bits per heavy atom. The normalized spacial score (nSPS) is 13.7. The molecule has 0 atom stereocenters. The quantitative estimate of drug-likeness (QED) is 0.205. The molecule has 3 aromatic heterocycles. The van der Waals surface area contributed by atoms with Crippen LogP contribution in [0, 0.1) is 0 Å². The van der Waals surface area contributed by atoms with Gasteiger partial charge in [0.1, 0.15) is 17.0 Å². The molecular weight excluding hydrogens is 548 g/mol. The number of benzene rings is 6. The van der Waals surface area contributed by atoms with Crippen LogP contribution in [0.3, 0.4) is 0 Å². The lowest BCUT2D eigenvalue weighted by molar-refractivity contribution is 0.661. The minimum Gasteiger partial charge on any atom is -0.456 e. The molecule has 45 heavy (non-hydrogen) atoms. The van der Waals surface area contributed by atoms with Crippen LogP contribution in [0.5, 0.6) is 0 Å². The van der Waals surface area contributed by atoms with Crippen molar-refractivity contribution in [1.82, 2.24) is 9.55 Å². The third-order valence-corrected chi connectivity index (χ3v) is 9.99. The first-order valence-electron chi connectivity index (χ1n) is 15.6. The molecule has 0 fully saturated rings. The topological polar surface area (TPSA) is 31.0 Å². The number of para-hydroxylation sites is 2. The second-order valence-corrected chi connectivity index (χ2v) is 12.7. The van der Waals surface area contributed by atoms with E-state index in [1.54, 1.807) is 0 Å². The molecule has 0 spiro atoms. The lowest BCUT2D eigenvalue weighted by Gasteiger charge is -2.21. The number of hydrogen-bond donors (Lipinski definition) is 0. The van der Waals surface area contributed by atoms with Crippen molar-refractivity contribution in [2.24, 2.45) is 0 Å². The van der Waals surface area contributed by atoms with Gasteiger partial charge >= 0.3 is 0 Å². The van der Waals surface area contributed by atoms with E-state index in [0.29, 0.717) is 0 Å². The molecule has 0 bridgehead atoms. The fourth-order valence-corrected chi connectivity index (χ4v) is 7.97. The van der Waals surface area contributed by atoms with Crippen molar-refractivity contribution in [3.05, 3.63) is 145 Å². The molecule has 0 amide bonds. The molecule has 3 heterocycles. The predicted molar refractivity (Wildman–Crippen MR) is 186 cm³/mol. The molecule has 3 nitrogen and oxygen atoms in total. The van der Waals surface area contributed by atoms with Crippen LogP contribution in [0.2, 0.25) is 0 Å². The highest BCUT2D eigenvalue weighted by Gasteiger charge is 2.37. The van der Waals surface area contributed by atoms with Crippen LogP contribution in [0.15, 0.2) is 138 Å². The first-order chi connectivity index (χ1) is 22.1. The molecule has 0 radical (unpaired) electrons. The van der Waals surface area contributed by atoms with E-state index in [9.17, 15) is 0 Å². The summed E-state index contributed by atoms with van der Waals surface area (Å²) in [6.07, 6.45) is 0. The zero-order valence-corrected chi connectivity index (χ0v) is 25.0. The number of furan rings is 1. The Bertz CT molecular complexity index is 2670. The molecule has 0 unspecified atom stereocenters. The summed E-state index contributed by atoms with van der Waals surface area (Å²) in [4.78, 5) is 5.37. The number of pyridine rings is 1. The van der Waals surface area contributed by atoms with Crippen LogP contribution in [0.4, 0.5) is 0 Å². The van der Waals surface area contributed by atoms with Crippen molar-refractivity contribution in [2.75, 3.05) is 0 Å². The van der Waals surface area contributed by atoms with E-state index in [-0.39, 0.29) is 5.41 Å². The van der Waals surface area contributed by atoms with Crippen LogP contribution in [0.25, 0.3) is 82.7 Å². The summed E-state index contributed by atoms with van der Waals surface area (Å²) in [6.45, 7) is 4.70. The molecule has 0 saturated carbocycles. The molecule has 10 rings (SSSR count). The van der Waals surface area contributed by atoms with Crippen LogP contribution in [0.1, 0.15) is 25.0 Å². The number of nitrogens with zero attached hydrogens (tertiary/aromatic N) is 2. The molecule has 0 N–H and O–H groups in total. The summed E-state index contributed by atoms with van der Waals surface area (Å²) in [5.41, 5.74) is 12.7.